The van der Waals surface area contributed by atoms with E-state index in [4.69, 9.17) is 4.52 Å². The molecule has 0 unspecified atom stereocenters. The first kappa shape index (κ1) is 14.0. The van der Waals surface area contributed by atoms with E-state index in [1.807, 2.05) is 44.2 Å². The lowest BCUT2D eigenvalue weighted by Gasteiger charge is -1.99. The molecule has 0 aliphatic rings. The van der Waals surface area contributed by atoms with Crippen LogP contribution in [0.1, 0.15) is 19.5 Å². The molecular weight excluding hydrogens is 230 g/mol. The zero-order valence-corrected chi connectivity index (χ0v) is 10.8. The molecule has 0 saturated heterocycles. The van der Waals surface area contributed by atoms with Crippen LogP contribution in [0, 0.1) is 6.92 Å². The van der Waals surface area contributed by atoms with E-state index in [2.05, 4.69) is 0 Å². The summed E-state index contributed by atoms with van der Waals surface area (Å²) in [5, 5.41) is 0. The van der Waals surface area contributed by atoms with Crippen LogP contribution in [0.4, 0.5) is 0 Å². The molecule has 1 heterocycles. The second-order valence-electron chi connectivity index (χ2n) is 3.43. The zero-order valence-electron chi connectivity index (χ0n) is 10.8. The second kappa shape index (κ2) is 6.59. The molecule has 2 aromatic rings. The second-order valence-corrected chi connectivity index (χ2v) is 3.43. The molecular formula is C14H17NO3. The first-order valence-corrected chi connectivity index (χ1v) is 5.94. The van der Waals surface area contributed by atoms with Crippen molar-refractivity contribution >= 4 is 6.29 Å². The highest BCUT2D eigenvalue weighted by molar-refractivity contribution is 5.64. The van der Waals surface area contributed by atoms with E-state index in [0.29, 0.717) is 17.5 Å². The van der Waals surface area contributed by atoms with Gasteiger partial charge in [0.25, 0.3) is 0 Å². The predicted octanol–water partition coefficient (Wildman–Crippen LogP) is 2.64. The van der Waals surface area contributed by atoms with Gasteiger partial charge in [0, 0.05) is 0 Å². The van der Waals surface area contributed by atoms with Crippen molar-refractivity contribution in [1.29, 1.82) is 0 Å². The molecule has 0 N–H and O–H groups in total. The average molecular weight is 247 g/mol. The number of nitrogens with zero attached hydrogens (tertiary/aromatic N) is 1. The third kappa shape index (κ3) is 2.77. The number of hydrogen-bond donors (Lipinski definition) is 0. The van der Waals surface area contributed by atoms with Crippen molar-refractivity contribution in [2.45, 2.75) is 27.3 Å². The molecule has 4 nitrogen and oxygen atoms in total. The Hall–Kier alpha value is -2.10. The Morgan fingerprint density at radius 1 is 1.22 bits per heavy atom. The van der Waals surface area contributed by atoms with E-state index < -0.39 is 5.63 Å². The quantitative estimate of drug-likeness (QED) is 0.783. The number of hydrogen-bond acceptors (Lipinski definition) is 3. The van der Waals surface area contributed by atoms with Gasteiger partial charge in [-0.15, -0.1) is 0 Å². The average Bonchev–Trinajstić information content (AvgIpc) is 2.68. The lowest BCUT2D eigenvalue weighted by Crippen LogP contribution is -1.99. The number of aromatic nitrogens is 1. The van der Waals surface area contributed by atoms with E-state index in [0.717, 1.165) is 5.56 Å². The minimum atomic E-state index is -0.412. The number of benzene rings is 1. The fourth-order valence-electron chi connectivity index (χ4n) is 1.66. The Bertz CT molecular complexity index is 552. The molecule has 18 heavy (non-hydrogen) atoms. The van der Waals surface area contributed by atoms with Gasteiger partial charge in [-0.3, -0.25) is 0 Å². The van der Waals surface area contributed by atoms with Crippen molar-refractivity contribution in [2.75, 3.05) is 0 Å². The van der Waals surface area contributed by atoms with Gasteiger partial charge in [0.2, 0.25) is 0 Å². The fraction of sp³-hybridized carbons (Fsp3) is 0.286. The van der Waals surface area contributed by atoms with E-state index in [-0.39, 0.29) is 6.54 Å². The lowest BCUT2D eigenvalue weighted by atomic mass is 10.1. The predicted molar refractivity (Wildman–Crippen MR) is 70.6 cm³/mol. The van der Waals surface area contributed by atoms with Gasteiger partial charge in [-0.25, -0.2) is 9.53 Å². The maximum Gasteiger partial charge on any atom is 0.365 e. The van der Waals surface area contributed by atoms with Gasteiger partial charge in [-0.1, -0.05) is 44.2 Å². The third-order valence-corrected chi connectivity index (χ3v) is 2.44. The summed E-state index contributed by atoms with van der Waals surface area (Å²) in [6.07, 6.45) is 0.699. The Balaban J connectivity index is 0.000000771. The summed E-state index contributed by atoms with van der Waals surface area (Å²) in [5.74, 6) is 0. The summed E-state index contributed by atoms with van der Waals surface area (Å²) in [6, 6.07) is 9.26. The highest BCUT2D eigenvalue weighted by Gasteiger charge is 2.14. The van der Waals surface area contributed by atoms with Crippen LogP contribution in [0.25, 0.3) is 11.1 Å². The van der Waals surface area contributed by atoms with Crippen molar-refractivity contribution in [3.05, 3.63) is 46.4 Å². The molecule has 0 aliphatic carbocycles. The molecule has 1 aromatic heterocycles. The molecule has 0 spiro atoms. The van der Waals surface area contributed by atoms with Crippen LogP contribution in [0.15, 0.2) is 39.6 Å². The van der Waals surface area contributed by atoms with Crippen molar-refractivity contribution in [1.82, 2.24) is 4.74 Å². The Morgan fingerprint density at radius 3 is 2.39 bits per heavy atom. The van der Waals surface area contributed by atoms with Crippen molar-refractivity contribution in [2.24, 2.45) is 0 Å². The Labute approximate surface area is 106 Å². The summed E-state index contributed by atoms with van der Waals surface area (Å²) in [6.45, 7) is 5.82. The smallest absolute Gasteiger partial charge is 0.335 e. The van der Waals surface area contributed by atoms with Gasteiger partial charge < -0.3 is 9.32 Å². The van der Waals surface area contributed by atoms with Crippen LogP contribution >= 0.6 is 0 Å². The number of carbonyl (C=O) groups is 1. The number of carbonyl (C=O) groups excluding carboxylic acids is 1. The summed E-state index contributed by atoms with van der Waals surface area (Å²) in [7, 11) is 0. The molecule has 96 valence electrons. The van der Waals surface area contributed by atoms with E-state index >= 15 is 0 Å². The summed E-state index contributed by atoms with van der Waals surface area (Å²) < 4.78 is 6.27. The highest BCUT2D eigenvalue weighted by Crippen LogP contribution is 2.19. The molecule has 4 heteroatoms. The SMILES string of the molecule is CC.Cc1c(-c2ccccc2)c(=O)on1CC=O. The van der Waals surface area contributed by atoms with E-state index in [9.17, 15) is 9.59 Å². The van der Waals surface area contributed by atoms with Gasteiger partial charge in [0.15, 0.2) is 0 Å². The molecule has 2 rings (SSSR count). The number of rotatable bonds is 3. The van der Waals surface area contributed by atoms with Gasteiger partial charge in [0.05, 0.1) is 11.3 Å². The normalized spacial score (nSPS) is 9.50. The first-order valence-electron chi connectivity index (χ1n) is 5.94. The molecule has 0 atom stereocenters. The molecule has 0 radical (unpaired) electrons. The largest absolute Gasteiger partial charge is 0.365 e. The van der Waals surface area contributed by atoms with Crippen molar-refractivity contribution in [3.8, 4) is 11.1 Å². The van der Waals surface area contributed by atoms with Gasteiger partial charge in [-0.2, -0.15) is 0 Å². The summed E-state index contributed by atoms with van der Waals surface area (Å²) >= 11 is 0. The van der Waals surface area contributed by atoms with Crippen LogP contribution in [0.5, 0.6) is 0 Å². The van der Waals surface area contributed by atoms with Crippen molar-refractivity contribution in [3.63, 3.8) is 0 Å². The molecule has 1 aromatic carbocycles. The zero-order chi connectivity index (χ0) is 13.5. The third-order valence-electron chi connectivity index (χ3n) is 2.44. The molecule has 0 amide bonds. The number of aldehydes is 1. The standard InChI is InChI=1S/C12H11NO3.C2H6/c1-9-11(10-5-3-2-4-6-10)12(15)16-13(9)7-8-14;1-2/h2-6,8H,7H2,1H3;1-2H3. The molecule has 0 saturated carbocycles. The highest BCUT2D eigenvalue weighted by atomic mass is 16.5. The summed E-state index contributed by atoms with van der Waals surface area (Å²) in [5.41, 5.74) is 1.58. The van der Waals surface area contributed by atoms with Crippen LogP contribution in [0.3, 0.4) is 0 Å². The van der Waals surface area contributed by atoms with E-state index in [1.165, 1.54) is 4.74 Å². The monoisotopic (exact) mass is 247 g/mol. The minimum Gasteiger partial charge on any atom is -0.335 e. The Kier molecular flexibility index (Phi) is 5.11. The maximum atomic E-state index is 11.6. The van der Waals surface area contributed by atoms with Crippen LogP contribution in [-0.2, 0) is 11.3 Å². The summed E-state index contributed by atoms with van der Waals surface area (Å²) in [4.78, 5) is 22.0. The molecule has 0 aliphatic heterocycles. The Morgan fingerprint density at radius 2 is 1.83 bits per heavy atom. The maximum absolute atomic E-state index is 11.6. The van der Waals surface area contributed by atoms with Crippen molar-refractivity contribution < 1.29 is 9.32 Å². The van der Waals surface area contributed by atoms with Gasteiger partial charge in [-0.05, 0) is 12.5 Å². The first-order chi connectivity index (χ1) is 8.74. The van der Waals surface area contributed by atoms with Gasteiger partial charge in [0.1, 0.15) is 12.8 Å². The van der Waals surface area contributed by atoms with Crippen LogP contribution in [-0.4, -0.2) is 11.0 Å². The van der Waals surface area contributed by atoms with Crippen LogP contribution in [0.2, 0.25) is 0 Å². The minimum absolute atomic E-state index is 0.0634. The topological polar surface area (TPSA) is 52.2 Å². The molecule has 0 fully saturated rings. The molecule has 0 bridgehead atoms. The fourth-order valence-corrected chi connectivity index (χ4v) is 1.66. The lowest BCUT2D eigenvalue weighted by molar-refractivity contribution is -0.109. The van der Waals surface area contributed by atoms with E-state index in [1.54, 1.807) is 6.92 Å². The van der Waals surface area contributed by atoms with Gasteiger partial charge >= 0.3 is 5.63 Å². The van der Waals surface area contributed by atoms with Crippen LogP contribution < -0.4 is 5.63 Å².